The van der Waals surface area contributed by atoms with Crippen molar-refractivity contribution in [1.29, 1.82) is 0 Å². The van der Waals surface area contributed by atoms with Crippen molar-refractivity contribution in [1.82, 2.24) is 0 Å². The second kappa shape index (κ2) is 6.37. The zero-order chi connectivity index (χ0) is 12.1. The number of halogens is 1. The van der Waals surface area contributed by atoms with Gasteiger partial charge in [-0.25, -0.2) is 0 Å². The highest BCUT2D eigenvalue weighted by Gasteiger charge is 2.17. The molecule has 1 aromatic rings. The van der Waals surface area contributed by atoms with Gasteiger partial charge in [-0.05, 0) is 34.3 Å². The Kier molecular flexibility index (Phi) is 5.44. The lowest BCUT2D eigenvalue weighted by Gasteiger charge is -2.17. The van der Waals surface area contributed by atoms with Crippen LogP contribution in [0, 0.1) is 0 Å². The second-order valence-corrected chi connectivity index (χ2v) is 4.97. The zero-order valence-corrected chi connectivity index (χ0v) is 12.0. The van der Waals surface area contributed by atoms with Gasteiger partial charge in [-0.1, -0.05) is 0 Å². The minimum atomic E-state index is -0.0350. The molecule has 0 radical (unpaired) electrons. The summed E-state index contributed by atoms with van der Waals surface area (Å²) in [5, 5.41) is 0. The SMILES string of the molecule is COc1ccc(C(N)CSC)c(OC)c1Br. The first-order chi connectivity index (χ1) is 7.65. The molecule has 0 aromatic heterocycles. The maximum atomic E-state index is 6.08. The van der Waals surface area contributed by atoms with E-state index in [9.17, 15) is 0 Å². The van der Waals surface area contributed by atoms with Gasteiger partial charge in [0.25, 0.3) is 0 Å². The van der Waals surface area contributed by atoms with E-state index in [-0.39, 0.29) is 6.04 Å². The molecule has 0 fully saturated rings. The Morgan fingerprint density at radius 1 is 1.38 bits per heavy atom. The zero-order valence-electron chi connectivity index (χ0n) is 9.62. The lowest BCUT2D eigenvalue weighted by atomic mass is 10.1. The Labute approximate surface area is 109 Å². The van der Waals surface area contributed by atoms with Crippen LogP contribution in [-0.2, 0) is 0 Å². The first-order valence-electron chi connectivity index (χ1n) is 4.80. The Hall–Kier alpha value is -0.390. The van der Waals surface area contributed by atoms with Crippen molar-refractivity contribution in [3.8, 4) is 11.5 Å². The van der Waals surface area contributed by atoms with E-state index in [2.05, 4.69) is 15.9 Å². The summed E-state index contributed by atoms with van der Waals surface area (Å²) < 4.78 is 11.4. The van der Waals surface area contributed by atoms with Crippen LogP contribution in [0.15, 0.2) is 16.6 Å². The minimum absolute atomic E-state index is 0.0350. The number of nitrogens with two attached hydrogens (primary N) is 1. The predicted molar refractivity (Wildman–Crippen MR) is 72.6 cm³/mol. The maximum Gasteiger partial charge on any atom is 0.141 e. The average Bonchev–Trinajstić information content (AvgIpc) is 2.28. The van der Waals surface area contributed by atoms with Gasteiger partial charge in [0, 0.05) is 17.4 Å². The molecule has 1 unspecified atom stereocenters. The molecular weight excluding hydrogens is 290 g/mol. The van der Waals surface area contributed by atoms with Crippen molar-refractivity contribution < 1.29 is 9.47 Å². The summed E-state index contributed by atoms with van der Waals surface area (Å²) in [5.74, 6) is 2.35. The predicted octanol–water partition coefficient (Wildman–Crippen LogP) is 2.83. The van der Waals surface area contributed by atoms with Crippen LogP contribution in [0.3, 0.4) is 0 Å². The molecule has 0 saturated carbocycles. The van der Waals surface area contributed by atoms with Crippen molar-refractivity contribution in [3.05, 3.63) is 22.2 Å². The van der Waals surface area contributed by atoms with Crippen molar-refractivity contribution >= 4 is 27.7 Å². The van der Waals surface area contributed by atoms with Gasteiger partial charge in [-0.2, -0.15) is 11.8 Å². The molecule has 2 N–H and O–H groups in total. The standard InChI is InChI=1S/C11H16BrNO2S/c1-14-9-5-4-7(8(13)6-16-3)11(15-2)10(9)12/h4-5,8H,6,13H2,1-3H3. The van der Waals surface area contributed by atoms with Gasteiger partial charge < -0.3 is 15.2 Å². The van der Waals surface area contributed by atoms with E-state index in [0.29, 0.717) is 0 Å². The smallest absolute Gasteiger partial charge is 0.141 e. The summed E-state index contributed by atoms with van der Waals surface area (Å²) in [6.07, 6.45) is 2.03. The van der Waals surface area contributed by atoms with Crippen LogP contribution < -0.4 is 15.2 Å². The van der Waals surface area contributed by atoms with E-state index >= 15 is 0 Å². The van der Waals surface area contributed by atoms with Gasteiger partial charge in [0.2, 0.25) is 0 Å². The van der Waals surface area contributed by atoms with Gasteiger partial charge in [0.05, 0.1) is 14.2 Å². The molecule has 5 heteroatoms. The van der Waals surface area contributed by atoms with Gasteiger partial charge in [0.1, 0.15) is 16.0 Å². The Balaban J connectivity index is 3.14. The molecule has 1 atom stereocenters. The molecule has 0 amide bonds. The van der Waals surface area contributed by atoms with Crippen molar-refractivity contribution in [2.24, 2.45) is 5.73 Å². The number of hydrogen-bond acceptors (Lipinski definition) is 4. The summed E-state index contributed by atoms with van der Waals surface area (Å²) in [4.78, 5) is 0. The molecule has 0 spiro atoms. The van der Waals surface area contributed by atoms with E-state index in [0.717, 1.165) is 27.3 Å². The monoisotopic (exact) mass is 305 g/mol. The maximum absolute atomic E-state index is 6.08. The number of ether oxygens (including phenoxy) is 2. The lowest BCUT2D eigenvalue weighted by Crippen LogP contribution is -2.14. The largest absolute Gasteiger partial charge is 0.495 e. The fourth-order valence-corrected chi connectivity index (χ4v) is 2.70. The molecule has 0 aliphatic heterocycles. The van der Waals surface area contributed by atoms with Crippen molar-refractivity contribution in [2.45, 2.75) is 6.04 Å². The molecule has 0 heterocycles. The first kappa shape index (κ1) is 13.7. The summed E-state index contributed by atoms with van der Waals surface area (Å²) in [6.45, 7) is 0. The van der Waals surface area contributed by atoms with Gasteiger partial charge in [-0.15, -0.1) is 0 Å². The van der Waals surface area contributed by atoms with Gasteiger partial charge in [0.15, 0.2) is 0 Å². The lowest BCUT2D eigenvalue weighted by molar-refractivity contribution is 0.384. The van der Waals surface area contributed by atoms with E-state index in [1.54, 1.807) is 26.0 Å². The molecule has 0 bridgehead atoms. The van der Waals surface area contributed by atoms with E-state index in [1.807, 2.05) is 18.4 Å². The molecule has 1 aromatic carbocycles. The van der Waals surface area contributed by atoms with Crippen LogP contribution in [-0.4, -0.2) is 26.2 Å². The normalized spacial score (nSPS) is 12.3. The van der Waals surface area contributed by atoms with Gasteiger partial charge in [-0.3, -0.25) is 0 Å². The molecule has 1 rings (SSSR count). The number of hydrogen-bond donors (Lipinski definition) is 1. The van der Waals surface area contributed by atoms with Crippen LogP contribution in [0.5, 0.6) is 11.5 Å². The quantitative estimate of drug-likeness (QED) is 0.908. The van der Waals surface area contributed by atoms with E-state index in [1.165, 1.54) is 0 Å². The Bertz CT molecular complexity index is 360. The third-order valence-corrected chi connectivity index (χ3v) is 3.71. The molecule has 90 valence electrons. The number of benzene rings is 1. The highest BCUT2D eigenvalue weighted by molar-refractivity contribution is 9.10. The number of rotatable bonds is 5. The summed E-state index contributed by atoms with van der Waals surface area (Å²) >= 11 is 5.17. The van der Waals surface area contributed by atoms with Crippen LogP contribution in [0.1, 0.15) is 11.6 Å². The molecule has 3 nitrogen and oxygen atoms in total. The second-order valence-electron chi connectivity index (χ2n) is 3.27. The third kappa shape index (κ3) is 2.84. The number of thioether (sulfide) groups is 1. The van der Waals surface area contributed by atoms with Crippen LogP contribution >= 0.6 is 27.7 Å². The fourth-order valence-electron chi connectivity index (χ4n) is 1.48. The van der Waals surface area contributed by atoms with Crippen LogP contribution in [0.4, 0.5) is 0 Å². The Morgan fingerprint density at radius 3 is 2.56 bits per heavy atom. The van der Waals surface area contributed by atoms with E-state index < -0.39 is 0 Å². The van der Waals surface area contributed by atoms with E-state index in [4.69, 9.17) is 15.2 Å². The minimum Gasteiger partial charge on any atom is -0.495 e. The third-order valence-electron chi connectivity index (χ3n) is 2.26. The number of methoxy groups -OCH3 is 2. The summed E-state index contributed by atoms with van der Waals surface area (Å²) in [7, 11) is 3.26. The molecular formula is C11H16BrNO2S. The molecule has 0 saturated heterocycles. The van der Waals surface area contributed by atoms with Crippen molar-refractivity contribution in [2.75, 3.05) is 26.2 Å². The van der Waals surface area contributed by atoms with Crippen LogP contribution in [0.25, 0.3) is 0 Å². The summed E-state index contributed by atoms with van der Waals surface area (Å²) in [5.41, 5.74) is 7.07. The van der Waals surface area contributed by atoms with Gasteiger partial charge >= 0.3 is 0 Å². The Morgan fingerprint density at radius 2 is 2.06 bits per heavy atom. The highest BCUT2D eigenvalue weighted by Crippen LogP contribution is 2.39. The summed E-state index contributed by atoms with van der Waals surface area (Å²) in [6, 6.07) is 3.80. The molecule has 0 aliphatic carbocycles. The molecule has 16 heavy (non-hydrogen) atoms. The topological polar surface area (TPSA) is 44.5 Å². The first-order valence-corrected chi connectivity index (χ1v) is 6.99. The molecule has 0 aliphatic rings. The van der Waals surface area contributed by atoms with Crippen molar-refractivity contribution in [3.63, 3.8) is 0 Å². The highest BCUT2D eigenvalue weighted by atomic mass is 79.9. The van der Waals surface area contributed by atoms with Crippen LogP contribution in [0.2, 0.25) is 0 Å². The average molecular weight is 306 g/mol. The fraction of sp³-hybridized carbons (Fsp3) is 0.455.